The molecular formula is C23H23NS. The molecule has 0 N–H and O–H groups in total. The van der Waals surface area contributed by atoms with Crippen LogP contribution in [0.3, 0.4) is 0 Å². The van der Waals surface area contributed by atoms with Gasteiger partial charge < -0.3 is 0 Å². The average Bonchev–Trinajstić information content (AvgIpc) is 3.10. The molecule has 0 radical (unpaired) electrons. The van der Waals surface area contributed by atoms with Crippen LogP contribution in [-0.2, 0) is 0 Å². The number of rotatable bonds is 4. The third-order valence-electron chi connectivity index (χ3n) is 4.80. The molecule has 0 unspecified atom stereocenters. The van der Waals surface area contributed by atoms with Crippen molar-refractivity contribution in [3.63, 3.8) is 0 Å². The first-order chi connectivity index (χ1) is 13.8. The summed E-state index contributed by atoms with van der Waals surface area (Å²) in [6.45, 7) is 1.98. The molecule has 1 nitrogen and oxygen atoms in total. The summed E-state index contributed by atoms with van der Waals surface area (Å²) in [5.74, 6) is -0.611. The van der Waals surface area contributed by atoms with Gasteiger partial charge in [-0.05, 0) is 54.9 Å². The second-order valence-electron chi connectivity index (χ2n) is 6.24. The van der Waals surface area contributed by atoms with Gasteiger partial charge in [0.15, 0.2) is 0 Å². The van der Waals surface area contributed by atoms with Crippen molar-refractivity contribution < 1.29 is 5.48 Å². The van der Waals surface area contributed by atoms with Gasteiger partial charge in [0.1, 0.15) is 0 Å². The molecule has 4 aromatic rings. The van der Waals surface area contributed by atoms with Crippen molar-refractivity contribution in [1.29, 1.82) is 0 Å². The molecule has 0 amide bonds. The Morgan fingerprint density at radius 2 is 1.96 bits per heavy atom. The number of pyridine rings is 1. The molecule has 2 aromatic carbocycles. The highest BCUT2D eigenvalue weighted by Gasteiger charge is 2.13. The lowest BCUT2D eigenvalue weighted by Crippen LogP contribution is -1.96. The molecule has 25 heavy (non-hydrogen) atoms. The Morgan fingerprint density at radius 3 is 2.76 bits per heavy atom. The van der Waals surface area contributed by atoms with E-state index in [1.807, 2.05) is 38.1 Å². The van der Waals surface area contributed by atoms with Crippen LogP contribution in [0.2, 0.25) is 0 Å². The zero-order valence-electron chi connectivity index (χ0n) is 18.5. The van der Waals surface area contributed by atoms with Gasteiger partial charge in [0.05, 0.1) is 5.69 Å². The van der Waals surface area contributed by atoms with E-state index in [1.54, 1.807) is 29.7 Å². The zero-order chi connectivity index (χ0) is 20.8. The molecule has 2 heterocycles. The summed E-state index contributed by atoms with van der Waals surface area (Å²) in [7, 11) is 0. The molecule has 4 rings (SSSR count). The summed E-state index contributed by atoms with van der Waals surface area (Å²) in [5, 5.41) is 2.17. The van der Waals surface area contributed by atoms with Gasteiger partial charge in [0.25, 0.3) is 0 Å². The van der Waals surface area contributed by atoms with Crippen molar-refractivity contribution >= 4 is 31.5 Å². The van der Waals surface area contributed by atoms with Crippen LogP contribution in [0.15, 0.2) is 54.7 Å². The molecule has 0 aliphatic heterocycles. The minimum Gasteiger partial charge on any atom is -0.256 e. The van der Waals surface area contributed by atoms with Crippen LogP contribution in [-0.4, -0.2) is 4.98 Å². The van der Waals surface area contributed by atoms with E-state index in [2.05, 4.69) is 17.1 Å². The summed E-state index contributed by atoms with van der Waals surface area (Å²) < 4.78 is 33.9. The van der Waals surface area contributed by atoms with Crippen LogP contribution in [0.25, 0.3) is 31.4 Å². The van der Waals surface area contributed by atoms with Crippen molar-refractivity contribution in [2.45, 2.75) is 39.4 Å². The smallest absolute Gasteiger partial charge is 0.0719 e. The number of hydrogen-bond donors (Lipinski definition) is 0. The van der Waals surface area contributed by atoms with Crippen molar-refractivity contribution in [2.24, 2.45) is 0 Å². The van der Waals surface area contributed by atoms with E-state index in [-0.39, 0.29) is 0 Å². The molecule has 0 fully saturated rings. The van der Waals surface area contributed by atoms with Crippen LogP contribution in [0.1, 0.15) is 49.2 Å². The van der Waals surface area contributed by atoms with Crippen molar-refractivity contribution in [3.8, 4) is 11.3 Å². The maximum atomic E-state index is 8.77. The molecule has 0 bridgehead atoms. The predicted octanol–water partition coefficient (Wildman–Crippen LogP) is 7.33. The van der Waals surface area contributed by atoms with Crippen LogP contribution in [0.4, 0.5) is 0 Å². The first kappa shape index (κ1) is 12.2. The van der Waals surface area contributed by atoms with E-state index in [4.69, 9.17) is 5.48 Å². The minimum absolute atomic E-state index is 0.364. The Bertz CT molecular complexity index is 1190. The van der Waals surface area contributed by atoms with Crippen LogP contribution in [0.5, 0.6) is 0 Å². The number of benzene rings is 2. The molecule has 126 valence electrons. The van der Waals surface area contributed by atoms with Gasteiger partial charge in [-0.3, -0.25) is 4.98 Å². The largest absolute Gasteiger partial charge is 0.256 e. The number of fused-ring (bicyclic) bond motifs is 3. The molecular weight excluding hydrogens is 322 g/mol. The Morgan fingerprint density at radius 1 is 1.08 bits per heavy atom. The summed E-state index contributed by atoms with van der Waals surface area (Å²) in [6, 6.07) is 15.5. The molecule has 0 saturated carbocycles. The topological polar surface area (TPSA) is 12.9 Å². The quantitative estimate of drug-likeness (QED) is 0.376. The van der Waals surface area contributed by atoms with Gasteiger partial charge in [-0.15, -0.1) is 11.3 Å². The van der Waals surface area contributed by atoms with E-state index >= 15 is 0 Å². The van der Waals surface area contributed by atoms with Crippen LogP contribution < -0.4 is 0 Å². The van der Waals surface area contributed by atoms with Gasteiger partial charge in [-0.2, -0.15) is 0 Å². The van der Waals surface area contributed by atoms with Crippen LogP contribution in [0, 0.1) is 6.85 Å². The van der Waals surface area contributed by atoms with Gasteiger partial charge in [-0.1, -0.05) is 44.2 Å². The predicted molar refractivity (Wildman–Crippen MR) is 111 cm³/mol. The Labute approximate surface area is 159 Å². The molecule has 2 heteroatoms. The van der Waals surface area contributed by atoms with E-state index in [1.165, 1.54) is 0 Å². The molecule has 0 saturated heterocycles. The SMILES string of the molecule is [2H]C([2H])([2H])c1ccc2c(c1)sc1c(-c3cc(C([2H])(CC)CC)ccn3)cccc12. The molecule has 0 atom stereocenters. The second-order valence-corrected chi connectivity index (χ2v) is 7.29. The summed E-state index contributed by atoms with van der Waals surface area (Å²) >= 11 is 1.60. The third kappa shape index (κ3) is 2.85. The molecule has 0 aliphatic carbocycles. The summed E-state index contributed by atoms with van der Waals surface area (Å²) in [4.78, 5) is 4.60. The molecule has 0 aliphatic rings. The number of aryl methyl sites for hydroxylation is 1. The molecule has 2 aromatic heterocycles. The first-order valence-corrected chi connectivity index (χ1v) is 9.51. The average molecular weight is 350 g/mol. The normalized spacial score (nSPS) is 15.0. The third-order valence-corrected chi connectivity index (χ3v) is 6.00. The van der Waals surface area contributed by atoms with Gasteiger partial charge in [0.2, 0.25) is 0 Å². The Kier molecular flexibility index (Phi) is 3.23. The lowest BCUT2D eigenvalue weighted by molar-refractivity contribution is 0.641. The fourth-order valence-electron chi connectivity index (χ4n) is 3.46. The standard InChI is InChI=1S/C23H23NS/c1-4-16(5-2)17-11-12-24-21(14-17)20-8-6-7-19-18-10-9-15(3)13-22(18)25-23(19)20/h6-14,16H,4-5H2,1-3H3/i3D3,16D. The highest BCUT2D eigenvalue weighted by atomic mass is 32.1. The minimum atomic E-state index is -2.11. The Balaban J connectivity index is 1.91. The monoisotopic (exact) mass is 349 g/mol. The maximum absolute atomic E-state index is 8.77. The molecule has 0 spiro atoms. The lowest BCUT2D eigenvalue weighted by Gasteiger charge is -2.13. The maximum Gasteiger partial charge on any atom is 0.0719 e. The van der Waals surface area contributed by atoms with E-state index in [0.717, 1.165) is 49.8 Å². The fraction of sp³-hybridized carbons (Fsp3) is 0.261. The van der Waals surface area contributed by atoms with Crippen molar-refractivity contribution in [1.82, 2.24) is 4.98 Å². The summed E-state index contributed by atoms with van der Waals surface area (Å²) in [6.07, 6.45) is 3.29. The van der Waals surface area contributed by atoms with Gasteiger partial charge in [-0.25, -0.2) is 0 Å². The highest BCUT2D eigenvalue weighted by molar-refractivity contribution is 7.26. The number of aromatic nitrogens is 1. The van der Waals surface area contributed by atoms with E-state index < -0.39 is 12.7 Å². The Hall–Kier alpha value is -2.19. The van der Waals surface area contributed by atoms with Crippen molar-refractivity contribution in [3.05, 3.63) is 65.9 Å². The summed E-state index contributed by atoms with van der Waals surface area (Å²) in [5.41, 5.74) is 3.23. The first-order valence-electron chi connectivity index (χ1n) is 10.7. The van der Waals surface area contributed by atoms with E-state index in [9.17, 15) is 0 Å². The van der Waals surface area contributed by atoms with Gasteiger partial charge in [0, 0.05) is 37.4 Å². The lowest BCUT2D eigenvalue weighted by atomic mass is 9.93. The fourth-order valence-corrected chi connectivity index (χ4v) is 4.72. The second kappa shape index (κ2) is 6.61. The zero-order valence-corrected chi connectivity index (χ0v) is 15.3. The number of hydrogen-bond acceptors (Lipinski definition) is 2. The highest BCUT2D eigenvalue weighted by Crippen LogP contribution is 2.40. The van der Waals surface area contributed by atoms with Crippen LogP contribution >= 0.6 is 11.3 Å². The van der Waals surface area contributed by atoms with Gasteiger partial charge >= 0.3 is 0 Å². The van der Waals surface area contributed by atoms with E-state index in [0.29, 0.717) is 5.56 Å². The van der Waals surface area contributed by atoms with Crippen molar-refractivity contribution in [2.75, 3.05) is 0 Å². The number of nitrogens with zero attached hydrogens (tertiary/aromatic N) is 1. The number of thiophene rings is 1.